The van der Waals surface area contributed by atoms with Crippen molar-refractivity contribution < 1.29 is 22.7 Å². The number of nitrogens with zero attached hydrogens (tertiary/aromatic N) is 2. The summed E-state index contributed by atoms with van der Waals surface area (Å²) in [6.45, 7) is 1.72. The Hall–Kier alpha value is -1.87. The van der Waals surface area contributed by atoms with Gasteiger partial charge in [-0.15, -0.1) is 22.7 Å². The summed E-state index contributed by atoms with van der Waals surface area (Å²) in [6, 6.07) is 3.77. The van der Waals surface area contributed by atoms with Crippen LogP contribution in [0.15, 0.2) is 17.5 Å². The van der Waals surface area contributed by atoms with Crippen LogP contribution in [0.5, 0.6) is 5.75 Å². The Morgan fingerprint density at radius 1 is 1.44 bits per heavy atom. The predicted octanol–water partition coefficient (Wildman–Crippen LogP) is 5.00. The lowest BCUT2D eigenvalue weighted by Gasteiger charge is -2.33. The minimum Gasteiger partial charge on any atom is -0.483 e. The van der Waals surface area contributed by atoms with Crippen molar-refractivity contribution in [3.8, 4) is 5.75 Å². The largest absolute Gasteiger partial charge is 0.483 e. The molecular formula is C18H17F3N2O2S2. The van der Waals surface area contributed by atoms with Gasteiger partial charge in [0.05, 0.1) is 25.8 Å². The maximum absolute atomic E-state index is 12.9. The number of benzene rings is 1. The molecule has 0 saturated carbocycles. The monoisotopic (exact) mass is 414 g/mol. The number of amides is 1. The van der Waals surface area contributed by atoms with E-state index in [1.54, 1.807) is 22.7 Å². The highest BCUT2D eigenvalue weighted by Gasteiger charge is 2.42. The van der Waals surface area contributed by atoms with Gasteiger partial charge in [0.25, 0.3) is 5.91 Å². The zero-order chi connectivity index (χ0) is 19.2. The maximum atomic E-state index is 12.9. The fraction of sp³-hybridized carbons (Fsp3) is 0.444. The number of fused-ring (bicyclic) bond motifs is 3. The highest BCUT2D eigenvalue weighted by Crippen LogP contribution is 2.39. The van der Waals surface area contributed by atoms with E-state index in [1.807, 2.05) is 24.4 Å². The molecular weight excluding hydrogens is 397 g/mol. The van der Waals surface area contributed by atoms with Crippen LogP contribution in [0, 0.1) is 12.8 Å². The molecule has 1 aliphatic heterocycles. The van der Waals surface area contributed by atoms with Gasteiger partial charge in [-0.3, -0.25) is 4.79 Å². The van der Waals surface area contributed by atoms with Gasteiger partial charge in [0.1, 0.15) is 5.75 Å². The predicted molar refractivity (Wildman–Crippen MR) is 101 cm³/mol. The topological polar surface area (TPSA) is 42.4 Å². The van der Waals surface area contributed by atoms with Crippen molar-refractivity contribution in [1.82, 2.24) is 9.88 Å². The van der Waals surface area contributed by atoms with Gasteiger partial charge in [0.15, 0.2) is 6.61 Å². The lowest BCUT2D eigenvalue weighted by Crippen LogP contribution is -2.46. The molecule has 1 fully saturated rings. The molecule has 144 valence electrons. The number of carbonyl (C=O) groups is 1. The number of thiophene rings is 1. The van der Waals surface area contributed by atoms with Crippen LogP contribution in [0.2, 0.25) is 0 Å². The highest BCUT2D eigenvalue weighted by atomic mass is 32.1. The number of hydrogen-bond donors (Lipinski definition) is 0. The van der Waals surface area contributed by atoms with E-state index in [0.29, 0.717) is 18.7 Å². The van der Waals surface area contributed by atoms with Crippen LogP contribution in [0.25, 0.3) is 20.3 Å². The summed E-state index contributed by atoms with van der Waals surface area (Å²) in [5, 5.41) is 3.75. The van der Waals surface area contributed by atoms with Crippen molar-refractivity contribution in [2.24, 2.45) is 5.92 Å². The van der Waals surface area contributed by atoms with Crippen LogP contribution >= 0.6 is 22.7 Å². The summed E-state index contributed by atoms with van der Waals surface area (Å²) in [7, 11) is 0. The number of hydrogen-bond acceptors (Lipinski definition) is 5. The Kier molecular flexibility index (Phi) is 4.75. The number of piperidine rings is 1. The number of aromatic nitrogens is 1. The van der Waals surface area contributed by atoms with E-state index in [1.165, 1.54) is 4.90 Å². The number of aryl methyl sites for hydroxylation is 1. The van der Waals surface area contributed by atoms with Gasteiger partial charge >= 0.3 is 6.18 Å². The summed E-state index contributed by atoms with van der Waals surface area (Å²) in [6.07, 6.45) is -3.83. The van der Waals surface area contributed by atoms with Crippen LogP contribution in [0.1, 0.15) is 17.8 Å². The van der Waals surface area contributed by atoms with E-state index in [4.69, 9.17) is 4.74 Å². The fourth-order valence-corrected chi connectivity index (χ4v) is 5.24. The van der Waals surface area contributed by atoms with Crippen molar-refractivity contribution in [2.75, 3.05) is 19.7 Å². The smallest absolute Gasteiger partial charge is 0.393 e. The van der Waals surface area contributed by atoms with Crippen LogP contribution in [0.3, 0.4) is 0 Å². The lowest BCUT2D eigenvalue weighted by molar-refractivity contribution is -0.188. The maximum Gasteiger partial charge on any atom is 0.393 e. The molecule has 1 amide bonds. The van der Waals surface area contributed by atoms with E-state index in [9.17, 15) is 18.0 Å². The van der Waals surface area contributed by atoms with Gasteiger partial charge in [0, 0.05) is 24.5 Å². The van der Waals surface area contributed by atoms with Crippen LogP contribution in [-0.4, -0.2) is 41.7 Å². The number of alkyl halides is 3. The van der Waals surface area contributed by atoms with Gasteiger partial charge in [-0.05, 0) is 31.2 Å². The van der Waals surface area contributed by atoms with Gasteiger partial charge in [0.2, 0.25) is 0 Å². The Morgan fingerprint density at radius 3 is 3.04 bits per heavy atom. The molecule has 0 radical (unpaired) electrons. The molecule has 0 bridgehead atoms. The van der Waals surface area contributed by atoms with Crippen LogP contribution in [0.4, 0.5) is 13.2 Å². The average Bonchev–Trinajstić information content (AvgIpc) is 3.24. The Labute approximate surface area is 161 Å². The minimum atomic E-state index is -4.27. The molecule has 0 aliphatic carbocycles. The minimum absolute atomic E-state index is 0.0745. The zero-order valence-corrected chi connectivity index (χ0v) is 16.1. The van der Waals surface area contributed by atoms with Crippen LogP contribution < -0.4 is 4.74 Å². The van der Waals surface area contributed by atoms with Gasteiger partial charge < -0.3 is 9.64 Å². The van der Waals surface area contributed by atoms with Crippen molar-refractivity contribution in [1.29, 1.82) is 0 Å². The van der Waals surface area contributed by atoms with E-state index in [0.717, 1.165) is 25.3 Å². The standard InChI is InChI=1S/C18H17F3N2O2S2/c1-10-22-16-14(27-10)7-13(12-4-6-26-17(12)16)25-9-15(24)23-5-2-3-11(8-23)18(19,20)21/h4,6-7,11H,2-3,5,8-9H2,1H3/t11-/m1/s1. The second-order valence-corrected chi connectivity index (χ2v) is 8.78. The highest BCUT2D eigenvalue weighted by molar-refractivity contribution is 7.21. The zero-order valence-electron chi connectivity index (χ0n) is 14.5. The van der Waals surface area contributed by atoms with Gasteiger partial charge in [-0.1, -0.05) is 0 Å². The first kappa shape index (κ1) is 18.5. The second-order valence-electron chi connectivity index (χ2n) is 6.63. The first-order chi connectivity index (χ1) is 12.8. The molecule has 3 aromatic rings. The molecule has 0 N–H and O–H groups in total. The van der Waals surface area contributed by atoms with Gasteiger partial charge in [-0.25, -0.2) is 4.98 Å². The molecule has 1 aromatic carbocycles. The Balaban J connectivity index is 1.51. The molecule has 0 unspecified atom stereocenters. The fourth-order valence-electron chi connectivity index (χ4n) is 3.41. The average molecular weight is 414 g/mol. The molecule has 3 heterocycles. The van der Waals surface area contributed by atoms with Crippen molar-refractivity contribution in [3.63, 3.8) is 0 Å². The second kappa shape index (κ2) is 6.94. The quantitative estimate of drug-likeness (QED) is 0.606. The van der Waals surface area contributed by atoms with E-state index in [-0.39, 0.29) is 19.6 Å². The molecule has 0 spiro atoms. The Morgan fingerprint density at radius 2 is 2.26 bits per heavy atom. The van der Waals surface area contributed by atoms with E-state index < -0.39 is 18.0 Å². The number of rotatable bonds is 3. The number of ether oxygens (including phenoxy) is 1. The normalized spacial score (nSPS) is 18.4. The summed E-state index contributed by atoms with van der Waals surface area (Å²) >= 11 is 3.10. The summed E-state index contributed by atoms with van der Waals surface area (Å²) in [5.41, 5.74) is 0.922. The summed E-state index contributed by atoms with van der Waals surface area (Å²) < 4.78 is 46.5. The summed E-state index contributed by atoms with van der Waals surface area (Å²) in [5.74, 6) is -1.29. The third-order valence-electron chi connectivity index (χ3n) is 4.76. The first-order valence-electron chi connectivity index (χ1n) is 8.57. The molecule has 2 aromatic heterocycles. The van der Waals surface area contributed by atoms with Crippen molar-refractivity contribution in [3.05, 3.63) is 22.5 Å². The van der Waals surface area contributed by atoms with E-state index >= 15 is 0 Å². The molecule has 27 heavy (non-hydrogen) atoms. The molecule has 1 saturated heterocycles. The molecule has 4 nitrogen and oxygen atoms in total. The molecule has 9 heteroatoms. The third-order valence-corrected chi connectivity index (χ3v) is 6.60. The Bertz CT molecular complexity index is 996. The summed E-state index contributed by atoms with van der Waals surface area (Å²) in [4.78, 5) is 18.2. The van der Waals surface area contributed by atoms with Crippen molar-refractivity contribution in [2.45, 2.75) is 25.9 Å². The van der Waals surface area contributed by atoms with Crippen LogP contribution in [-0.2, 0) is 4.79 Å². The lowest BCUT2D eigenvalue weighted by atomic mass is 9.97. The van der Waals surface area contributed by atoms with E-state index in [2.05, 4.69) is 4.98 Å². The SMILES string of the molecule is Cc1nc2c(cc(OCC(=O)N3CCC[C@@H](C(F)(F)F)C3)c3ccsc32)s1. The number of carbonyl (C=O) groups excluding carboxylic acids is 1. The van der Waals surface area contributed by atoms with Gasteiger partial charge in [-0.2, -0.15) is 13.2 Å². The number of thiazole rings is 1. The molecule has 1 aliphatic rings. The number of likely N-dealkylation sites (tertiary alicyclic amines) is 1. The number of halogens is 3. The molecule has 1 atom stereocenters. The van der Waals surface area contributed by atoms with Crippen molar-refractivity contribution >= 4 is 48.9 Å². The molecule has 4 rings (SSSR count). The first-order valence-corrected chi connectivity index (χ1v) is 10.3. The third kappa shape index (κ3) is 3.62.